The van der Waals surface area contributed by atoms with Crippen LogP contribution in [0.2, 0.25) is 0 Å². The molecule has 0 saturated heterocycles. The number of rotatable bonds is 5. The molecule has 0 bridgehead atoms. The average Bonchev–Trinajstić information content (AvgIpc) is 2.82. The molecular weight excluding hydrogens is 440 g/mol. The molecule has 1 unspecified atom stereocenters. The third-order valence-corrected chi connectivity index (χ3v) is 4.92. The van der Waals surface area contributed by atoms with Crippen molar-refractivity contribution in [2.24, 2.45) is 0 Å². The van der Waals surface area contributed by atoms with Crippen molar-refractivity contribution < 1.29 is 9.15 Å². The van der Waals surface area contributed by atoms with Gasteiger partial charge in [0.2, 0.25) is 0 Å². The zero-order valence-electron chi connectivity index (χ0n) is 10.3. The molecule has 102 valence electrons. The number of halogens is 3. The normalized spacial score (nSPS) is 12.4. The van der Waals surface area contributed by atoms with E-state index < -0.39 is 0 Å². The summed E-state index contributed by atoms with van der Waals surface area (Å²) in [6, 6.07) is 8.04. The second kappa shape index (κ2) is 6.95. The van der Waals surface area contributed by atoms with Gasteiger partial charge < -0.3 is 9.15 Å². The highest BCUT2D eigenvalue weighted by Gasteiger charge is 2.17. The number of furan rings is 1. The summed E-state index contributed by atoms with van der Waals surface area (Å²) in [6.45, 7) is 2.82. The Bertz CT molecular complexity index is 551. The molecule has 0 aliphatic rings. The van der Waals surface area contributed by atoms with Crippen LogP contribution in [-0.4, -0.2) is 6.61 Å². The van der Waals surface area contributed by atoms with Gasteiger partial charge in [0.1, 0.15) is 5.75 Å². The van der Waals surface area contributed by atoms with Crippen LogP contribution in [0.3, 0.4) is 0 Å². The molecule has 1 aromatic carbocycles. The van der Waals surface area contributed by atoms with Crippen LogP contribution in [0.15, 0.2) is 44.1 Å². The molecule has 2 rings (SSSR count). The van der Waals surface area contributed by atoms with Crippen LogP contribution in [0.5, 0.6) is 5.75 Å². The van der Waals surface area contributed by atoms with Crippen LogP contribution >= 0.6 is 47.8 Å². The molecule has 0 spiro atoms. The fourth-order valence-corrected chi connectivity index (χ4v) is 3.60. The minimum atomic E-state index is 0.0807. The zero-order valence-corrected chi connectivity index (χ0v) is 15.1. The molecule has 2 nitrogen and oxygen atoms in total. The maximum atomic E-state index is 5.65. The lowest BCUT2D eigenvalue weighted by Crippen LogP contribution is -1.97. The first-order chi connectivity index (χ1) is 9.13. The number of benzene rings is 1. The first-order valence-corrected chi connectivity index (χ1v) is 8.42. The lowest BCUT2D eigenvalue weighted by molar-refractivity contribution is 0.315. The highest BCUT2D eigenvalue weighted by molar-refractivity contribution is 9.11. The SMILES string of the molecule is CCCOc1ccc(C(Br)c2ccoc2Br)cc1Br. The predicted molar refractivity (Wildman–Crippen MR) is 87.1 cm³/mol. The number of hydrogen-bond acceptors (Lipinski definition) is 2. The van der Waals surface area contributed by atoms with E-state index in [1.54, 1.807) is 6.26 Å². The van der Waals surface area contributed by atoms with E-state index >= 15 is 0 Å². The van der Waals surface area contributed by atoms with Crippen molar-refractivity contribution in [2.75, 3.05) is 6.61 Å². The summed E-state index contributed by atoms with van der Waals surface area (Å²) in [5.74, 6) is 0.872. The molecule has 0 aliphatic heterocycles. The zero-order chi connectivity index (χ0) is 13.8. The highest BCUT2D eigenvalue weighted by atomic mass is 79.9. The van der Waals surface area contributed by atoms with Crippen molar-refractivity contribution in [3.63, 3.8) is 0 Å². The summed E-state index contributed by atoms with van der Waals surface area (Å²) in [6.07, 6.45) is 2.67. The van der Waals surface area contributed by atoms with Crippen molar-refractivity contribution in [1.29, 1.82) is 0 Å². The van der Waals surface area contributed by atoms with Gasteiger partial charge >= 0.3 is 0 Å². The van der Waals surface area contributed by atoms with Crippen molar-refractivity contribution in [2.45, 2.75) is 18.2 Å². The Morgan fingerprint density at radius 3 is 2.63 bits per heavy atom. The molecule has 2 aromatic rings. The Morgan fingerprint density at radius 2 is 2.05 bits per heavy atom. The van der Waals surface area contributed by atoms with Gasteiger partial charge in [0.25, 0.3) is 0 Å². The van der Waals surface area contributed by atoms with E-state index in [2.05, 4.69) is 66.8 Å². The van der Waals surface area contributed by atoms with Gasteiger partial charge in [0, 0.05) is 5.56 Å². The van der Waals surface area contributed by atoms with Crippen molar-refractivity contribution in [3.05, 3.63) is 50.8 Å². The summed E-state index contributed by atoms with van der Waals surface area (Å²) in [5, 5.41) is 0. The van der Waals surface area contributed by atoms with E-state index in [0.717, 1.165) is 39.0 Å². The van der Waals surface area contributed by atoms with Crippen LogP contribution in [0.1, 0.15) is 29.3 Å². The lowest BCUT2D eigenvalue weighted by Gasteiger charge is -2.12. The molecule has 1 atom stereocenters. The third-order valence-electron chi connectivity index (χ3n) is 2.63. The molecule has 0 fully saturated rings. The Balaban J connectivity index is 2.22. The summed E-state index contributed by atoms with van der Waals surface area (Å²) in [4.78, 5) is 0.0807. The van der Waals surface area contributed by atoms with Gasteiger partial charge in [-0.25, -0.2) is 0 Å². The molecule has 0 saturated carbocycles. The Labute approximate surface area is 137 Å². The summed E-state index contributed by atoms with van der Waals surface area (Å²) in [5.41, 5.74) is 2.20. The molecule has 1 aromatic heterocycles. The molecule has 0 radical (unpaired) electrons. The van der Waals surface area contributed by atoms with Crippen molar-refractivity contribution >= 4 is 47.8 Å². The van der Waals surface area contributed by atoms with E-state index in [-0.39, 0.29) is 4.83 Å². The van der Waals surface area contributed by atoms with Gasteiger partial charge in [-0.05, 0) is 62.0 Å². The number of alkyl halides is 1. The Hall–Kier alpha value is -0.260. The molecule has 1 heterocycles. The number of ether oxygens (including phenoxy) is 1. The summed E-state index contributed by atoms with van der Waals surface area (Å²) >= 11 is 10.6. The van der Waals surface area contributed by atoms with Crippen LogP contribution in [-0.2, 0) is 0 Å². The van der Waals surface area contributed by atoms with E-state index in [1.165, 1.54) is 0 Å². The second-order valence-electron chi connectivity index (χ2n) is 4.05. The topological polar surface area (TPSA) is 22.4 Å². The van der Waals surface area contributed by atoms with E-state index in [4.69, 9.17) is 9.15 Å². The molecular formula is C14H13Br3O2. The highest BCUT2D eigenvalue weighted by Crippen LogP contribution is 2.38. The smallest absolute Gasteiger partial charge is 0.173 e. The standard InChI is InChI=1S/C14H13Br3O2/c1-2-6-18-12-4-3-9(8-11(12)15)13(16)10-5-7-19-14(10)17/h3-5,7-8,13H,2,6H2,1H3. The minimum absolute atomic E-state index is 0.0807. The summed E-state index contributed by atoms with van der Waals surface area (Å²) < 4.78 is 12.6. The van der Waals surface area contributed by atoms with E-state index in [0.29, 0.717) is 0 Å². The van der Waals surface area contributed by atoms with E-state index in [9.17, 15) is 0 Å². The van der Waals surface area contributed by atoms with Gasteiger partial charge in [-0.3, -0.25) is 0 Å². The third kappa shape index (κ3) is 3.64. The molecule has 5 heteroatoms. The average molecular weight is 453 g/mol. The lowest BCUT2D eigenvalue weighted by atomic mass is 10.1. The fraction of sp³-hybridized carbons (Fsp3) is 0.286. The maximum Gasteiger partial charge on any atom is 0.173 e. The summed E-state index contributed by atoms with van der Waals surface area (Å²) in [7, 11) is 0. The van der Waals surface area contributed by atoms with Crippen molar-refractivity contribution in [3.8, 4) is 5.75 Å². The Kier molecular flexibility index (Phi) is 5.54. The van der Waals surface area contributed by atoms with Gasteiger partial charge in [-0.15, -0.1) is 0 Å². The maximum absolute atomic E-state index is 5.65. The monoisotopic (exact) mass is 450 g/mol. The second-order valence-corrected chi connectivity index (χ2v) is 6.54. The Morgan fingerprint density at radius 1 is 1.26 bits per heavy atom. The molecule has 0 amide bonds. The first-order valence-electron chi connectivity index (χ1n) is 5.92. The van der Waals surface area contributed by atoms with Gasteiger partial charge in [-0.1, -0.05) is 28.9 Å². The van der Waals surface area contributed by atoms with E-state index in [1.807, 2.05) is 12.1 Å². The quantitative estimate of drug-likeness (QED) is 0.513. The fourth-order valence-electron chi connectivity index (χ4n) is 1.67. The minimum Gasteiger partial charge on any atom is -0.492 e. The molecule has 0 aliphatic carbocycles. The van der Waals surface area contributed by atoms with Gasteiger partial charge in [0.15, 0.2) is 4.67 Å². The molecule has 19 heavy (non-hydrogen) atoms. The number of hydrogen-bond donors (Lipinski definition) is 0. The molecule has 0 N–H and O–H groups in total. The van der Waals surface area contributed by atoms with Crippen LogP contribution in [0.4, 0.5) is 0 Å². The van der Waals surface area contributed by atoms with Crippen LogP contribution in [0.25, 0.3) is 0 Å². The van der Waals surface area contributed by atoms with Crippen LogP contribution < -0.4 is 4.74 Å². The van der Waals surface area contributed by atoms with Gasteiger partial charge in [0.05, 0.1) is 22.2 Å². The largest absolute Gasteiger partial charge is 0.492 e. The van der Waals surface area contributed by atoms with Crippen molar-refractivity contribution in [1.82, 2.24) is 0 Å². The first kappa shape index (κ1) is 15.1. The predicted octanol–water partition coefficient (Wildman–Crippen LogP) is 6.08. The van der Waals surface area contributed by atoms with Gasteiger partial charge in [-0.2, -0.15) is 0 Å². The van der Waals surface area contributed by atoms with Crippen LogP contribution in [0, 0.1) is 0 Å².